The van der Waals surface area contributed by atoms with Crippen molar-refractivity contribution in [2.24, 2.45) is 0 Å². The number of anilines is 1. The van der Waals surface area contributed by atoms with Crippen molar-refractivity contribution in [1.29, 1.82) is 0 Å². The molecule has 3 aromatic rings. The van der Waals surface area contributed by atoms with Gasteiger partial charge in [0.25, 0.3) is 11.8 Å². The number of carbonyl (C=O) groups is 2. The van der Waals surface area contributed by atoms with Crippen LogP contribution in [0, 0.1) is 5.82 Å². The first kappa shape index (κ1) is 21.0. The number of nitrogens with zero attached hydrogens (tertiary/aromatic N) is 2. The van der Waals surface area contributed by atoms with Gasteiger partial charge in [-0.15, -0.1) is 0 Å². The topological polar surface area (TPSA) is 62.3 Å². The second-order valence-electron chi connectivity index (χ2n) is 7.47. The average molecular weight is 438 g/mol. The number of aromatic nitrogens is 1. The van der Waals surface area contributed by atoms with Crippen molar-refractivity contribution < 1.29 is 14.0 Å². The van der Waals surface area contributed by atoms with Crippen molar-refractivity contribution in [3.8, 4) is 0 Å². The molecule has 1 atom stereocenters. The number of nitrogens with one attached hydrogen (secondary N) is 1. The predicted octanol–water partition coefficient (Wildman–Crippen LogP) is 4.96. The van der Waals surface area contributed by atoms with E-state index in [0.29, 0.717) is 28.4 Å². The van der Waals surface area contributed by atoms with Gasteiger partial charge < -0.3 is 10.2 Å². The molecule has 0 bridgehead atoms. The molecule has 2 aromatic carbocycles. The summed E-state index contributed by atoms with van der Waals surface area (Å²) in [5.41, 5.74) is 3.21. The smallest absolute Gasteiger partial charge is 0.258 e. The molecule has 1 aliphatic rings. The first-order chi connectivity index (χ1) is 14.9. The minimum absolute atomic E-state index is 0.115. The van der Waals surface area contributed by atoms with E-state index < -0.39 is 5.82 Å². The SMILES string of the molecule is C[C@@H](NC(=O)c1ccc(F)cc1)c1ccc2c(n1)CCCN2C(=O)c1cccc(Cl)c1. The Kier molecular flexibility index (Phi) is 6.00. The molecule has 0 radical (unpaired) electrons. The molecule has 1 N–H and O–H groups in total. The Hall–Kier alpha value is -3.25. The van der Waals surface area contributed by atoms with E-state index >= 15 is 0 Å². The lowest BCUT2D eigenvalue weighted by atomic mass is 10.0. The summed E-state index contributed by atoms with van der Waals surface area (Å²) in [6.45, 7) is 2.45. The molecule has 0 unspecified atom stereocenters. The first-order valence-electron chi connectivity index (χ1n) is 10.1. The van der Waals surface area contributed by atoms with Crippen LogP contribution in [0.4, 0.5) is 10.1 Å². The number of pyridine rings is 1. The number of rotatable bonds is 4. The molecule has 0 spiro atoms. The number of hydrogen-bond acceptors (Lipinski definition) is 3. The van der Waals surface area contributed by atoms with Gasteiger partial charge in [-0.2, -0.15) is 0 Å². The molecule has 0 fully saturated rings. The maximum Gasteiger partial charge on any atom is 0.258 e. The van der Waals surface area contributed by atoms with Crippen LogP contribution in [0.5, 0.6) is 0 Å². The van der Waals surface area contributed by atoms with Gasteiger partial charge in [0.05, 0.1) is 23.1 Å². The number of fused-ring (bicyclic) bond motifs is 1. The van der Waals surface area contributed by atoms with Gasteiger partial charge in [-0.05, 0) is 74.4 Å². The number of amides is 2. The van der Waals surface area contributed by atoms with Gasteiger partial charge in [-0.25, -0.2) is 4.39 Å². The molecule has 2 heterocycles. The van der Waals surface area contributed by atoms with E-state index in [1.54, 1.807) is 29.2 Å². The fourth-order valence-corrected chi connectivity index (χ4v) is 3.84. The van der Waals surface area contributed by atoms with Crippen LogP contribution in [-0.2, 0) is 6.42 Å². The summed E-state index contributed by atoms with van der Waals surface area (Å²) in [4.78, 5) is 31.9. The summed E-state index contributed by atoms with van der Waals surface area (Å²) in [7, 11) is 0. The lowest BCUT2D eigenvalue weighted by Crippen LogP contribution is -2.36. The minimum atomic E-state index is -0.391. The molecule has 31 heavy (non-hydrogen) atoms. The standard InChI is InChI=1S/C24H21ClFN3O2/c1-15(27-23(30)16-7-9-19(26)10-8-16)20-11-12-22-21(28-20)6-3-13-29(22)24(31)17-4-2-5-18(25)14-17/h2,4-5,7-12,14-15H,3,6,13H2,1H3,(H,27,30)/t15-/m1/s1. The van der Waals surface area contributed by atoms with Crippen LogP contribution in [0.1, 0.15) is 51.5 Å². The van der Waals surface area contributed by atoms with E-state index in [9.17, 15) is 14.0 Å². The zero-order valence-corrected chi connectivity index (χ0v) is 17.7. The largest absolute Gasteiger partial charge is 0.344 e. The van der Waals surface area contributed by atoms with Gasteiger partial charge in [0.15, 0.2) is 0 Å². The van der Waals surface area contributed by atoms with E-state index in [-0.39, 0.29) is 17.9 Å². The van der Waals surface area contributed by atoms with Gasteiger partial charge in [-0.3, -0.25) is 14.6 Å². The summed E-state index contributed by atoms with van der Waals surface area (Å²) >= 11 is 6.04. The van der Waals surface area contributed by atoms with Crippen LogP contribution in [0.25, 0.3) is 0 Å². The fourth-order valence-electron chi connectivity index (χ4n) is 3.65. The second kappa shape index (κ2) is 8.86. The van der Waals surface area contributed by atoms with Crippen molar-refractivity contribution in [1.82, 2.24) is 10.3 Å². The Labute approximate surface area is 184 Å². The van der Waals surface area contributed by atoms with E-state index in [1.807, 2.05) is 19.1 Å². The first-order valence-corrected chi connectivity index (χ1v) is 10.4. The maximum absolute atomic E-state index is 13.1. The Morgan fingerprint density at radius 3 is 2.61 bits per heavy atom. The third-order valence-corrected chi connectivity index (χ3v) is 5.51. The number of hydrogen-bond donors (Lipinski definition) is 1. The minimum Gasteiger partial charge on any atom is -0.344 e. The molecule has 0 saturated carbocycles. The molecule has 1 aromatic heterocycles. The highest BCUT2D eigenvalue weighted by molar-refractivity contribution is 6.31. The van der Waals surface area contributed by atoms with Crippen molar-refractivity contribution in [2.45, 2.75) is 25.8 Å². The normalized spacial score (nSPS) is 14.0. The highest BCUT2D eigenvalue weighted by Gasteiger charge is 2.25. The van der Waals surface area contributed by atoms with Gasteiger partial charge in [0.2, 0.25) is 0 Å². The molecule has 0 aliphatic carbocycles. The average Bonchev–Trinajstić information content (AvgIpc) is 2.78. The molecule has 0 saturated heterocycles. The number of carbonyl (C=O) groups excluding carboxylic acids is 2. The van der Waals surface area contributed by atoms with E-state index in [4.69, 9.17) is 16.6 Å². The summed E-state index contributed by atoms with van der Waals surface area (Å²) < 4.78 is 13.1. The summed E-state index contributed by atoms with van der Waals surface area (Å²) in [6.07, 6.45) is 1.55. The van der Waals surface area contributed by atoms with Crippen molar-refractivity contribution in [3.63, 3.8) is 0 Å². The highest BCUT2D eigenvalue weighted by atomic mass is 35.5. The molecule has 7 heteroatoms. The van der Waals surface area contributed by atoms with Crippen LogP contribution >= 0.6 is 11.6 Å². The van der Waals surface area contributed by atoms with Gasteiger partial charge in [-0.1, -0.05) is 17.7 Å². The van der Waals surface area contributed by atoms with Crippen LogP contribution < -0.4 is 10.2 Å². The number of benzene rings is 2. The van der Waals surface area contributed by atoms with Gasteiger partial charge in [0, 0.05) is 22.7 Å². The number of halogens is 2. The van der Waals surface area contributed by atoms with Crippen molar-refractivity contribution >= 4 is 29.1 Å². The van der Waals surface area contributed by atoms with Crippen molar-refractivity contribution in [3.05, 3.63) is 94.0 Å². The Balaban J connectivity index is 1.53. The van der Waals surface area contributed by atoms with E-state index in [2.05, 4.69) is 5.32 Å². The van der Waals surface area contributed by atoms with Crippen LogP contribution in [-0.4, -0.2) is 23.3 Å². The van der Waals surface area contributed by atoms with E-state index in [0.717, 1.165) is 24.2 Å². The Morgan fingerprint density at radius 1 is 1.10 bits per heavy atom. The summed E-state index contributed by atoms with van der Waals surface area (Å²) in [5, 5.41) is 3.40. The summed E-state index contributed by atoms with van der Waals surface area (Å²) in [6, 6.07) is 15.6. The monoisotopic (exact) mass is 437 g/mol. The van der Waals surface area contributed by atoms with Gasteiger partial charge in [0.1, 0.15) is 5.82 Å². The van der Waals surface area contributed by atoms with Crippen LogP contribution in [0.2, 0.25) is 5.02 Å². The molecule has 2 amide bonds. The lowest BCUT2D eigenvalue weighted by molar-refractivity contribution is 0.0938. The third-order valence-electron chi connectivity index (χ3n) is 5.27. The molecular weight excluding hydrogens is 417 g/mol. The van der Waals surface area contributed by atoms with Crippen molar-refractivity contribution in [2.75, 3.05) is 11.4 Å². The molecule has 5 nitrogen and oxygen atoms in total. The fraction of sp³-hybridized carbons (Fsp3) is 0.208. The molecule has 1 aliphatic heterocycles. The summed E-state index contributed by atoms with van der Waals surface area (Å²) in [5.74, 6) is -0.807. The highest BCUT2D eigenvalue weighted by Crippen LogP contribution is 2.29. The zero-order valence-electron chi connectivity index (χ0n) is 16.9. The van der Waals surface area contributed by atoms with Crippen LogP contribution in [0.3, 0.4) is 0 Å². The predicted molar refractivity (Wildman–Crippen MR) is 118 cm³/mol. The maximum atomic E-state index is 13.1. The molecular formula is C24H21ClFN3O2. The lowest BCUT2D eigenvalue weighted by Gasteiger charge is -2.29. The zero-order chi connectivity index (χ0) is 22.0. The second-order valence-corrected chi connectivity index (χ2v) is 7.91. The Bertz CT molecular complexity index is 1130. The number of aryl methyl sites for hydroxylation is 1. The third kappa shape index (κ3) is 4.59. The molecule has 4 rings (SSSR count). The Morgan fingerprint density at radius 2 is 1.87 bits per heavy atom. The molecule has 158 valence electrons. The van der Waals surface area contributed by atoms with E-state index in [1.165, 1.54) is 24.3 Å². The van der Waals surface area contributed by atoms with Crippen LogP contribution in [0.15, 0.2) is 60.7 Å². The quantitative estimate of drug-likeness (QED) is 0.627. The van der Waals surface area contributed by atoms with Gasteiger partial charge >= 0.3 is 0 Å².